The van der Waals surface area contributed by atoms with E-state index < -0.39 is 0 Å². The summed E-state index contributed by atoms with van der Waals surface area (Å²) in [7, 11) is 0. The fraction of sp³-hybridized carbons (Fsp3) is 0.0625. The Bertz CT molecular complexity index is 869. The van der Waals surface area contributed by atoms with Crippen LogP contribution in [0.2, 0.25) is 0 Å². The number of H-pyrrole nitrogens is 1. The number of benzene rings is 2. The number of ketones is 1. The lowest BCUT2D eigenvalue weighted by Gasteiger charge is -2.02. The van der Waals surface area contributed by atoms with Gasteiger partial charge in [0.15, 0.2) is 17.3 Å². The zero-order chi connectivity index (χ0) is 14.4. The van der Waals surface area contributed by atoms with Gasteiger partial charge in [-0.3, -0.25) is 4.79 Å². The molecule has 0 aliphatic carbocycles. The maximum atomic E-state index is 13.2. The molecule has 1 aliphatic heterocycles. The quantitative estimate of drug-likeness (QED) is 0.734. The van der Waals surface area contributed by atoms with Crippen molar-refractivity contribution in [1.29, 1.82) is 0 Å². The molecule has 4 nitrogen and oxygen atoms in total. The number of hydrogen-bond donors (Lipinski definition) is 1. The molecule has 104 valence electrons. The third-order valence-electron chi connectivity index (χ3n) is 3.52. The number of ether oxygens (including phenoxy) is 2. The van der Waals surface area contributed by atoms with Gasteiger partial charge < -0.3 is 14.5 Å². The van der Waals surface area contributed by atoms with E-state index >= 15 is 0 Å². The minimum Gasteiger partial charge on any atom is -0.454 e. The van der Waals surface area contributed by atoms with Crippen LogP contribution in [0.5, 0.6) is 11.5 Å². The third kappa shape index (κ3) is 1.86. The van der Waals surface area contributed by atoms with E-state index in [0.717, 1.165) is 0 Å². The molecule has 0 radical (unpaired) electrons. The number of rotatable bonds is 2. The lowest BCUT2D eigenvalue weighted by molar-refractivity contribution is 0.104. The number of carbonyl (C=O) groups is 1. The number of carbonyl (C=O) groups excluding carboxylic acids is 1. The fourth-order valence-corrected chi connectivity index (χ4v) is 2.48. The summed E-state index contributed by atoms with van der Waals surface area (Å²) in [5.74, 6) is 0.705. The highest BCUT2D eigenvalue weighted by Gasteiger charge is 2.19. The van der Waals surface area contributed by atoms with Crippen molar-refractivity contribution in [3.63, 3.8) is 0 Å². The number of halogens is 1. The van der Waals surface area contributed by atoms with Gasteiger partial charge in [0, 0.05) is 28.2 Å². The van der Waals surface area contributed by atoms with Crippen LogP contribution < -0.4 is 9.47 Å². The molecule has 0 fully saturated rings. The lowest BCUT2D eigenvalue weighted by atomic mass is 10.0. The van der Waals surface area contributed by atoms with E-state index in [1.165, 1.54) is 12.1 Å². The van der Waals surface area contributed by atoms with Gasteiger partial charge in [-0.05, 0) is 36.4 Å². The molecule has 1 aliphatic rings. The van der Waals surface area contributed by atoms with Crippen molar-refractivity contribution in [1.82, 2.24) is 4.98 Å². The summed E-state index contributed by atoms with van der Waals surface area (Å²) in [4.78, 5) is 15.5. The van der Waals surface area contributed by atoms with Crippen LogP contribution in [0.15, 0.2) is 42.6 Å². The minimum atomic E-state index is -0.341. The number of fused-ring (bicyclic) bond motifs is 2. The third-order valence-corrected chi connectivity index (χ3v) is 3.52. The normalized spacial score (nSPS) is 12.8. The zero-order valence-corrected chi connectivity index (χ0v) is 10.9. The summed E-state index contributed by atoms with van der Waals surface area (Å²) in [6.07, 6.45) is 1.59. The van der Waals surface area contributed by atoms with E-state index in [1.807, 2.05) is 0 Å². The van der Waals surface area contributed by atoms with Crippen LogP contribution in [0, 0.1) is 5.82 Å². The molecule has 0 unspecified atom stereocenters. The van der Waals surface area contributed by atoms with Crippen LogP contribution in [-0.4, -0.2) is 17.6 Å². The Morgan fingerprint density at radius 3 is 2.86 bits per heavy atom. The first kappa shape index (κ1) is 12.0. The van der Waals surface area contributed by atoms with Crippen molar-refractivity contribution in [2.24, 2.45) is 0 Å². The van der Waals surface area contributed by atoms with Gasteiger partial charge in [0.05, 0.1) is 0 Å². The van der Waals surface area contributed by atoms with E-state index in [1.54, 1.807) is 30.5 Å². The number of aromatic amines is 1. The van der Waals surface area contributed by atoms with Gasteiger partial charge in [-0.15, -0.1) is 0 Å². The molecule has 0 amide bonds. The molecule has 21 heavy (non-hydrogen) atoms. The molecule has 5 heteroatoms. The van der Waals surface area contributed by atoms with Crippen LogP contribution in [-0.2, 0) is 0 Å². The Balaban J connectivity index is 1.79. The molecule has 4 rings (SSSR count). The standard InChI is InChI=1S/C16H10FNO3/c17-10-2-3-11-12(7-18-13(11)6-10)16(19)9-1-4-14-15(5-9)21-8-20-14/h1-7,18H,8H2. The highest BCUT2D eigenvalue weighted by Crippen LogP contribution is 2.33. The smallest absolute Gasteiger partial charge is 0.231 e. The summed E-state index contributed by atoms with van der Waals surface area (Å²) >= 11 is 0. The molecule has 0 saturated carbocycles. The second-order valence-corrected chi connectivity index (χ2v) is 4.79. The molecular weight excluding hydrogens is 273 g/mol. The second kappa shape index (κ2) is 4.34. The van der Waals surface area contributed by atoms with Gasteiger partial charge in [0.25, 0.3) is 0 Å². The van der Waals surface area contributed by atoms with Gasteiger partial charge in [-0.25, -0.2) is 4.39 Å². The Hall–Kier alpha value is -2.82. The molecule has 0 spiro atoms. The van der Waals surface area contributed by atoms with Crippen molar-refractivity contribution in [2.45, 2.75) is 0 Å². The molecule has 1 aromatic heterocycles. The summed E-state index contributed by atoms with van der Waals surface area (Å²) in [5, 5.41) is 0.694. The van der Waals surface area contributed by atoms with E-state index in [-0.39, 0.29) is 18.4 Å². The first-order chi connectivity index (χ1) is 10.2. The average Bonchev–Trinajstić information content (AvgIpc) is 3.11. The molecule has 2 heterocycles. The molecule has 0 atom stereocenters. The van der Waals surface area contributed by atoms with Crippen LogP contribution in [0.25, 0.3) is 10.9 Å². The average molecular weight is 283 g/mol. The van der Waals surface area contributed by atoms with Gasteiger partial charge in [0.2, 0.25) is 6.79 Å². The molecular formula is C16H10FNO3. The van der Waals surface area contributed by atoms with Crippen molar-refractivity contribution < 1.29 is 18.7 Å². The zero-order valence-electron chi connectivity index (χ0n) is 10.9. The SMILES string of the molecule is O=C(c1ccc2c(c1)OCO2)c1c[nH]c2cc(F)ccc12. The highest BCUT2D eigenvalue weighted by molar-refractivity contribution is 6.16. The van der Waals surface area contributed by atoms with Crippen LogP contribution in [0.1, 0.15) is 15.9 Å². The summed E-state index contributed by atoms with van der Waals surface area (Å²) < 4.78 is 23.7. The fourth-order valence-electron chi connectivity index (χ4n) is 2.48. The summed E-state index contributed by atoms with van der Waals surface area (Å²) in [5.41, 5.74) is 1.60. The Kier molecular flexibility index (Phi) is 2.47. The second-order valence-electron chi connectivity index (χ2n) is 4.79. The van der Waals surface area contributed by atoms with E-state index in [0.29, 0.717) is 33.5 Å². The Labute approximate surface area is 119 Å². The van der Waals surface area contributed by atoms with Gasteiger partial charge in [0.1, 0.15) is 5.82 Å². The monoisotopic (exact) mass is 283 g/mol. The van der Waals surface area contributed by atoms with E-state index in [9.17, 15) is 9.18 Å². The molecule has 1 N–H and O–H groups in total. The summed E-state index contributed by atoms with van der Waals surface area (Å²) in [6.45, 7) is 0.166. The number of nitrogens with one attached hydrogen (secondary N) is 1. The van der Waals surface area contributed by atoms with Gasteiger partial charge in [-0.1, -0.05) is 0 Å². The minimum absolute atomic E-state index is 0.147. The lowest BCUT2D eigenvalue weighted by Crippen LogP contribution is -2.00. The predicted molar refractivity (Wildman–Crippen MR) is 74.3 cm³/mol. The number of hydrogen-bond acceptors (Lipinski definition) is 3. The van der Waals surface area contributed by atoms with Crippen molar-refractivity contribution in [3.8, 4) is 11.5 Å². The van der Waals surface area contributed by atoms with Crippen molar-refractivity contribution in [2.75, 3.05) is 6.79 Å². The van der Waals surface area contributed by atoms with Crippen molar-refractivity contribution >= 4 is 16.7 Å². The number of aromatic nitrogens is 1. The van der Waals surface area contributed by atoms with Crippen LogP contribution in [0.3, 0.4) is 0 Å². The maximum Gasteiger partial charge on any atom is 0.231 e. The van der Waals surface area contributed by atoms with Gasteiger partial charge >= 0.3 is 0 Å². The highest BCUT2D eigenvalue weighted by atomic mass is 19.1. The maximum absolute atomic E-state index is 13.2. The Morgan fingerprint density at radius 2 is 1.95 bits per heavy atom. The van der Waals surface area contributed by atoms with Crippen LogP contribution in [0.4, 0.5) is 4.39 Å². The predicted octanol–water partition coefficient (Wildman–Crippen LogP) is 3.27. The summed E-state index contributed by atoms with van der Waals surface area (Å²) in [6, 6.07) is 9.37. The van der Waals surface area contributed by atoms with Gasteiger partial charge in [-0.2, -0.15) is 0 Å². The molecule has 2 aromatic carbocycles. The topological polar surface area (TPSA) is 51.3 Å². The van der Waals surface area contributed by atoms with E-state index in [2.05, 4.69) is 4.98 Å². The van der Waals surface area contributed by atoms with Crippen LogP contribution >= 0.6 is 0 Å². The Morgan fingerprint density at radius 1 is 1.10 bits per heavy atom. The molecule has 0 saturated heterocycles. The van der Waals surface area contributed by atoms with Crippen molar-refractivity contribution in [3.05, 3.63) is 59.5 Å². The molecule has 0 bridgehead atoms. The largest absolute Gasteiger partial charge is 0.454 e. The first-order valence-electron chi connectivity index (χ1n) is 6.43. The first-order valence-corrected chi connectivity index (χ1v) is 6.43. The molecule has 3 aromatic rings. The van der Waals surface area contributed by atoms with E-state index in [4.69, 9.17) is 9.47 Å².